The van der Waals surface area contributed by atoms with Crippen molar-refractivity contribution in [2.45, 2.75) is 19.8 Å². The van der Waals surface area contributed by atoms with E-state index >= 15 is 0 Å². The van der Waals surface area contributed by atoms with E-state index in [2.05, 4.69) is 10.6 Å². The molecule has 2 N–H and O–H groups in total. The van der Waals surface area contributed by atoms with Gasteiger partial charge in [-0.05, 0) is 30.2 Å². The molecule has 2 amide bonds. The van der Waals surface area contributed by atoms with Gasteiger partial charge < -0.3 is 15.1 Å². The predicted molar refractivity (Wildman–Crippen MR) is 104 cm³/mol. The number of aryl methyl sites for hydroxylation is 1. The van der Waals surface area contributed by atoms with Crippen LogP contribution in [0.25, 0.3) is 11.0 Å². The summed E-state index contributed by atoms with van der Waals surface area (Å²) in [4.78, 5) is 35.4. The van der Waals surface area contributed by atoms with Gasteiger partial charge in [0.2, 0.25) is 11.8 Å². The van der Waals surface area contributed by atoms with Crippen LogP contribution in [0, 0.1) is 6.92 Å². The first-order valence-electron chi connectivity index (χ1n) is 8.66. The first-order valence-corrected chi connectivity index (χ1v) is 8.66. The Balaban J connectivity index is 1.51. The molecule has 0 aliphatic carbocycles. The topological polar surface area (TPSA) is 88.4 Å². The van der Waals surface area contributed by atoms with Gasteiger partial charge in [0.25, 0.3) is 0 Å². The van der Waals surface area contributed by atoms with E-state index in [-0.39, 0.29) is 31.2 Å². The molecule has 0 radical (unpaired) electrons. The molecule has 1 aromatic heterocycles. The number of anilines is 1. The van der Waals surface area contributed by atoms with E-state index in [1.807, 2.05) is 37.3 Å². The Hall–Kier alpha value is -3.41. The van der Waals surface area contributed by atoms with Crippen molar-refractivity contribution in [3.05, 3.63) is 76.1 Å². The highest BCUT2D eigenvalue weighted by atomic mass is 16.4. The summed E-state index contributed by atoms with van der Waals surface area (Å²) in [6, 6.07) is 16.0. The number of carbonyl (C=O) groups is 2. The quantitative estimate of drug-likeness (QED) is 0.658. The number of carbonyl (C=O) groups excluding carboxylic acids is 2. The van der Waals surface area contributed by atoms with Crippen LogP contribution in [0.15, 0.2) is 63.8 Å². The summed E-state index contributed by atoms with van der Waals surface area (Å²) >= 11 is 0. The molecule has 0 fully saturated rings. The Labute approximate surface area is 156 Å². The van der Waals surface area contributed by atoms with Gasteiger partial charge in [-0.15, -0.1) is 0 Å². The third-order valence-corrected chi connectivity index (χ3v) is 4.12. The lowest BCUT2D eigenvalue weighted by Crippen LogP contribution is -2.28. The zero-order valence-electron chi connectivity index (χ0n) is 15.0. The average molecular weight is 364 g/mol. The summed E-state index contributed by atoms with van der Waals surface area (Å²) in [6.07, 6.45) is 0.432. The second kappa shape index (κ2) is 8.31. The van der Waals surface area contributed by atoms with E-state index in [0.29, 0.717) is 11.3 Å². The molecular formula is C21H20N2O4. The van der Waals surface area contributed by atoms with Gasteiger partial charge in [-0.25, -0.2) is 4.79 Å². The lowest BCUT2D eigenvalue weighted by molar-refractivity contribution is -0.120. The maximum absolute atomic E-state index is 12.1. The number of fused-ring (bicyclic) bond motifs is 1. The molecule has 6 nitrogen and oxygen atoms in total. The standard InChI is InChI=1S/C21H20N2O4/c1-14-11-21(26)27-18-13-16(7-8-17(14)18)23-19(24)9-10-22-20(25)12-15-5-3-2-4-6-15/h2-8,11,13H,9-10,12H2,1H3,(H,22,25)(H,23,24). The van der Waals surface area contributed by atoms with Crippen molar-refractivity contribution in [2.75, 3.05) is 11.9 Å². The van der Waals surface area contributed by atoms with Gasteiger partial charge in [0.1, 0.15) is 5.58 Å². The van der Waals surface area contributed by atoms with Crippen LogP contribution in [0.2, 0.25) is 0 Å². The number of benzene rings is 2. The van der Waals surface area contributed by atoms with Gasteiger partial charge in [-0.1, -0.05) is 30.3 Å². The van der Waals surface area contributed by atoms with Crippen LogP contribution in [-0.2, 0) is 16.0 Å². The molecule has 138 valence electrons. The summed E-state index contributed by atoms with van der Waals surface area (Å²) in [5.74, 6) is -0.360. The molecule has 2 aromatic carbocycles. The molecule has 0 saturated carbocycles. The summed E-state index contributed by atoms with van der Waals surface area (Å²) < 4.78 is 5.17. The lowest BCUT2D eigenvalue weighted by Gasteiger charge is -2.08. The molecule has 27 heavy (non-hydrogen) atoms. The van der Waals surface area contributed by atoms with Crippen molar-refractivity contribution < 1.29 is 14.0 Å². The molecule has 3 aromatic rings. The molecule has 0 spiro atoms. The van der Waals surface area contributed by atoms with Gasteiger partial charge in [0, 0.05) is 36.2 Å². The maximum atomic E-state index is 12.1. The molecule has 0 unspecified atom stereocenters. The molecule has 6 heteroatoms. The fourth-order valence-electron chi connectivity index (χ4n) is 2.79. The highest BCUT2D eigenvalue weighted by Gasteiger charge is 2.08. The van der Waals surface area contributed by atoms with Crippen molar-refractivity contribution in [1.29, 1.82) is 0 Å². The van der Waals surface area contributed by atoms with Crippen LogP contribution in [0.3, 0.4) is 0 Å². The second-order valence-corrected chi connectivity index (χ2v) is 6.27. The van der Waals surface area contributed by atoms with E-state index in [9.17, 15) is 14.4 Å². The molecule has 0 atom stereocenters. The Morgan fingerprint density at radius 2 is 1.78 bits per heavy atom. The lowest BCUT2D eigenvalue weighted by atomic mass is 10.1. The van der Waals surface area contributed by atoms with Gasteiger partial charge >= 0.3 is 5.63 Å². The average Bonchev–Trinajstić information content (AvgIpc) is 2.62. The number of hydrogen-bond acceptors (Lipinski definition) is 4. The summed E-state index contributed by atoms with van der Waals surface area (Å²) in [7, 11) is 0. The SMILES string of the molecule is Cc1cc(=O)oc2cc(NC(=O)CCNC(=O)Cc3ccccc3)ccc12. The van der Waals surface area contributed by atoms with Crippen molar-refractivity contribution in [3.8, 4) is 0 Å². The van der Waals surface area contributed by atoms with Crippen LogP contribution >= 0.6 is 0 Å². The van der Waals surface area contributed by atoms with Crippen LogP contribution in [0.1, 0.15) is 17.5 Å². The fourth-order valence-corrected chi connectivity index (χ4v) is 2.79. The molecule has 0 aliphatic rings. The van der Waals surface area contributed by atoms with Crippen molar-refractivity contribution in [2.24, 2.45) is 0 Å². The van der Waals surface area contributed by atoms with Gasteiger partial charge in [0.05, 0.1) is 6.42 Å². The zero-order valence-corrected chi connectivity index (χ0v) is 15.0. The molecule has 0 saturated heterocycles. The minimum atomic E-state index is -0.426. The van der Waals surface area contributed by atoms with Crippen LogP contribution < -0.4 is 16.3 Å². The van der Waals surface area contributed by atoms with Crippen LogP contribution in [0.4, 0.5) is 5.69 Å². The Morgan fingerprint density at radius 1 is 1.00 bits per heavy atom. The number of rotatable bonds is 6. The van der Waals surface area contributed by atoms with Crippen molar-refractivity contribution >= 4 is 28.5 Å². The first kappa shape index (κ1) is 18.4. The molecule has 0 bridgehead atoms. The highest BCUT2D eigenvalue weighted by molar-refractivity contribution is 5.94. The number of hydrogen-bond donors (Lipinski definition) is 2. The van der Waals surface area contributed by atoms with Gasteiger partial charge in [-0.2, -0.15) is 0 Å². The minimum Gasteiger partial charge on any atom is -0.423 e. The summed E-state index contributed by atoms with van der Waals surface area (Å²) in [5.41, 5.74) is 2.28. The summed E-state index contributed by atoms with van der Waals surface area (Å²) in [5, 5.41) is 6.30. The molecule has 1 heterocycles. The number of nitrogens with one attached hydrogen (secondary N) is 2. The molecule has 0 aliphatic heterocycles. The Morgan fingerprint density at radius 3 is 2.56 bits per heavy atom. The minimum absolute atomic E-state index is 0.128. The normalized spacial score (nSPS) is 10.6. The monoisotopic (exact) mass is 364 g/mol. The third kappa shape index (κ3) is 5.04. The van der Waals surface area contributed by atoms with Crippen molar-refractivity contribution in [1.82, 2.24) is 5.32 Å². The Bertz CT molecular complexity index is 1030. The zero-order chi connectivity index (χ0) is 19.2. The van der Waals surface area contributed by atoms with Gasteiger partial charge in [-0.3, -0.25) is 9.59 Å². The van der Waals surface area contributed by atoms with E-state index in [1.165, 1.54) is 6.07 Å². The molecule has 3 rings (SSSR count). The third-order valence-electron chi connectivity index (χ3n) is 4.12. The first-order chi connectivity index (χ1) is 13.0. The van der Waals surface area contributed by atoms with E-state index < -0.39 is 5.63 Å². The summed E-state index contributed by atoms with van der Waals surface area (Å²) in [6.45, 7) is 2.08. The van der Waals surface area contributed by atoms with E-state index in [0.717, 1.165) is 16.5 Å². The van der Waals surface area contributed by atoms with Gasteiger partial charge in [0.15, 0.2) is 0 Å². The highest BCUT2D eigenvalue weighted by Crippen LogP contribution is 2.20. The maximum Gasteiger partial charge on any atom is 0.336 e. The smallest absolute Gasteiger partial charge is 0.336 e. The molecular weight excluding hydrogens is 344 g/mol. The second-order valence-electron chi connectivity index (χ2n) is 6.27. The van der Waals surface area contributed by atoms with E-state index in [1.54, 1.807) is 18.2 Å². The van der Waals surface area contributed by atoms with Crippen LogP contribution in [-0.4, -0.2) is 18.4 Å². The Kier molecular flexibility index (Phi) is 5.66. The van der Waals surface area contributed by atoms with Crippen LogP contribution in [0.5, 0.6) is 0 Å². The largest absolute Gasteiger partial charge is 0.423 e. The van der Waals surface area contributed by atoms with E-state index in [4.69, 9.17) is 4.42 Å². The predicted octanol–water partition coefficient (Wildman–Crippen LogP) is 2.79. The van der Waals surface area contributed by atoms with Crippen molar-refractivity contribution in [3.63, 3.8) is 0 Å². The number of amides is 2. The fraction of sp³-hybridized carbons (Fsp3) is 0.190.